The topological polar surface area (TPSA) is 58.1 Å². The van der Waals surface area contributed by atoms with E-state index in [1.807, 2.05) is 38.1 Å². The van der Waals surface area contributed by atoms with Crippen LogP contribution < -0.4 is 5.32 Å². The van der Waals surface area contributed by atoms with Gasteiger partial charge in [-0.1, -0.05) is 32.9 Å². The number of benzene rings is 1. The summed E-state index contributed by atoms with van der Waals surface area (Å²) in [5.41, 5.74) is 4.58. The van der Waals surface area contributed by atoms with E-state index in [2.05, 4.69) is 36.1 Å². The van der Waals surface area contributed by atoms with Crippen molar-refractivity contribution in [2.45, 2.75) is 52.6 Å². The second-order valence-electron chi connectivity index (χ2n) is 9.29. The molecule has 1 aliphatic rings. The van der Waals surface area contributed by atoms with E-state index in [0.29, 0.717) is 30.0 Å². The Bertz CT molecular complexity index is 1170. The lowest BCUT2D eigenvalue weighted by atomic mass is 9.89. The number of hydrogen-bond donors (Lipinski definition) is 1. The summed E-state index contributed by atoms with van der Waals surface area (Å²) in [6.07, 6.45) is 3.38. The van der Waals surface area contributed by atoms with E-state index < -0.39 is 0 Å². The van der Waals surface area contributed by atoms with Crippen LogP contribution in [0.1, 0.15) is 67.8 Å². The van der Waals surface area contributed by atoms with Gasteiger partial charge >= 0.3 is 0 Å². The third kappa shape index (κ3) is 4.09. The Hall–Kier alpha value is -3.28. The summed E-state index contributed by atoms with van der Waals surface area (Å²) in [4.78, 5) is 23.1. The minimum Gasteiger partial charge on any atom is -0.363 e. The molecule has 1 aliphatic heterocycles. The van der Waals surface area contributed by atoms with Gasteiger partial charge < -0.3 is 10.2 Å². The zero-order valence-corrected chi connectivity index (χ0v) is 19.2. The van der Waals surface area contributed by atoms with Gasteiger partial charge in [0, 0.05) is 46.7 Å². The van der Waals surface area contributed by atoms with Gasteiger partial charge in [0.15, 0.2) is 0 Å². The quantitative estimate of drug-likeness (QED) is 0.559. The number of fused-ring (bicyclic) bond motifs is 1. The maximum atomic E-state index is 15.1. The minimum absolute atomic E-state index is 0.0305. The SMILES string of the molecule is CCN1Cc2c(ccnc2N[C@@H](C)c2ccc(-c3ccnc(C(C)(C)C)c3)c(F)c2)C1=O. The molecule has 0 fully saturated rings. The summed E-state index contributed by atoms with van der Waals surface area (Å²) < 4.78 is 15.1. The summed E-state index contributed by atoms with van der Waals surface area (Å²) in [5, 5.41) is 3.37. The van der Waals surface area contributed by atoms with Crippen molar-refractivity contribution < 1.29 is 9.18 Å². The van der Waals surface area contributed by atoms with Gasteiger partial charge in [-0.15, -0.1) is 0 Å². The van der Waals surface area contributed by atoms with Crippen LogP contribution in [0.4, 0.5) is 10.2 Å². The molecular weight excluding hydrogens is 403 g/mol. The van der Waals surface area contributed by atoms with E-state index in [0.717, 1.165) is 22.4 Å². The van der Waals surface area contributed by atoms with E-state index in [9.17, 15) is 4.79 Å². The van der Waals surface area contributed by atoms with Gasteiger partial charge in [0.25, 0.3) is 5.91 Å². The smallest absolute Gasteiger partial charge is 0.254 e. The molecule has 1 N–H and O–H groups in total. The van der Waals surface area contributed by atoms with Gasteiger partial charge in [-0.25, -0.2) is 9.37 Å². The Morgan fingerprint density at radius 2 is 1.84 bits per heavy atom. The Labute approximate surface area is 188 Å². The number of nitrogens with zero attached hydrogens (tertiary/aromatic N) is 3. The fraction of sp³-hybridized carbons (Fsp3) is 0.346. The van der Waals surface area contributed by atoms with Crippen LogP contribution in [-0.2, 0) is 12.0 Å². The van der Waals surface area contributed by atoms with Crippen LogP contribution >= 0.6 is 0 Å². The fourth-order valence-corrected chi connectivity index (χ4v) is 4.00. The van der Waals surface area contributed by atoms with Crippen LogP contribution in [0.3, 0.4) is 0 Å². The number of carbonyl (C=O) groups is 1. The molecule has 1 aromatic carbocycles. The monoisotopic (exact) mass is 432 g/mol. The van der Waals surface area contributed by atoms with E-state index in [4.69, 9.17) is 0 Å². The van der Waals surface area contributed by atoms with Gasteiger partial charge in [0.1, 0.15) is 11.6 Å². The second kappa shape index (κ2) is 8.34. The maximum Gasteiger partial charge on any atom is 0.254 e. The first kappa shape index (κ1) is 21.9. The van der Waals surface area contributed by atoms with Gasteiger partial charge in [0.2, 0.25) is 0 Å². The van der Waals surface area contributed by atoms with E-state index >= 15 is 4.39 Å². The lowest BCUT2D eigenvalue weighted by Gasteiger charge is -2.19. The number of halogens is 1. The summed E-state index contributed by atoms with van der Waals surface area (Å²) in [5.74, 6) is 0.427. The highest BCUT2D eigenvalue weighted by Gasteiger charge is 2.29. The van der Waals surface area contributed by atoms with Crippen LogP contribution in [-0.4, -0.2) is 27.3 Å². The van der Waals surface area contributed by atoms with Crippen LogP contribution in [0, 0.1) is 5.82 Å². The molecule has 0 bridgehead atoms. The van der Waals surface area contributed by atoms with Gasteiger partial charge in [-0.2, -0.15) is 0 Å². The summed E-state index contributed by atoms with van der Waals surface area (Å²) >= 11 is 0. The normalized spacial score (nSPS) is 14.4. The molecular formula is C26H29FN4O. The van der Waals surface area contributed by atoms with Crippen LogP contribution in [0.15, 0.2) is 48.8 Å². The fourth-order valence-electron chi connectivity index (χ4n) is 4.00. The molecule has 0 spiro atoms. The van der Waals surface area contributed by atoms with Gasteiger partial charge in [-0.3, -0.25) is 9.78 Å². The van der Waals surface area contributed by atoms with Crippen molar-refractivity contribution in [2.24, 2.45) is 0 Å². The lowest BCUT2D eigenvalue weighted by Crippen LogP contribution is -2.22. The molecule has 3 heterocycles. The summed E-state index contributed by atoms with van der Waals surface area (Å²) in [6.45, 7) is 11.4. The van der Waals surface area contributed by atoms with Gasteiger partial charge in [0.05, 0.1) is 12.6 Å². The van der Waals surface area contributed by atoms with Crippen molar-refractivity contribution >= 4 is 11.7 Å². The summed E-state index contributed by atoms with van der Waals surface area (Å²) in [6, 6.07) is 10.7. The zero-order valence-electron chi connectivity index (χ0n) is 19.2. The van der Waals surface area contributed by atoms with Crippen LogP contribution in [0.25, 0.3) is 11.1 Å². The predicted octanol–water partition coefficient (Wildman–Crippen LogP) is 5.73. The highest BCUT2D eigenvalue weighted by Crippen LogP contribution is 2.32. The molecule has 3 aromatic rings. The highest BCUT2D eigenvalue weighted by molar-refractivity contribution is 5.99. The van der Waals surface area contributed by atoms with Gasteiger partial charge in [-0.05, 0) is 49.2 Å². The molecule has 6 heteroatoms. The predicted molar refractivity (Wildman–Crippen MR) is 125 cm³/mol. The molecule has 4 rings (SSSR count). The average molecular weight is 433 g/mol. The molecule has 2 aromatic heterocycles. The second-order valence-corrected chi connectivity index (χ2v) is 9.29. The third-order valence-electron chi connectivity index (χ3n) is 5.99. The molecule has 166 valence electrons. The van der Waals surface area contributed by atoms with E-state index in [1.54, 1.807) is 29.4 Å². The molecule has 1 atom stereocenters. The lowest BCUT2D eigenvalue weighted by molar-refractivity contribution is 0.0787. The van der Waals surface area contributed by atoms with Crippen molar-refractivity contribution in [2.75, 3.05) is 11.9 Å². The molecule has 0 aliphatic carbocycles. The van der Waals surface area contributed by atoms with Crippen molar-refractivity contribution in [1.29, 1.82) is 0 Å². The third-order valence-corrected chi connectivity index (χ3v) is 5.99. The van der Waals surface area contributed by atoms with E-state index in [1.165, 1.54) is 0 Å². The first-order valence-electron chi connectivity index (χ1n) is 11.0. The number of aromatic nitrogens is 2. The standard InChI is InChI=1S/C26H29FN4O/c1-6-31-15-21-20(25(31)32)10-12-29-24(21)30-16(2)17-7-8-19(22(27)13-17)18-9-11-28-23(14-18)26(3,4)5/h7-14,16H,6,15H2,1-5H3,(H,29,30)/t16-/m0/s1. The van der Waals surface area contributed by atoms with Crippen LogP contribution in [0.5, 0.6) is 0 Å². The molecule has 32 heavy (non-hydrogen) atoms. The van der Waals surface area contributed by atoms with Crippen molar-refractivity contribution in [3.8, 4) is 11.1 Å². The van der Waals surface area contributed by atoms with Crippen molar-refractivity contribution in [3.05, 3.63) is 77.0 Å². The largest absolute Gasteiger partial charge is 0.363 e. The Morgan fingerprint density at radius 3 is 2.53 bits per heavy atom. The Morgan fingerprint density at radius 1 is 1.09 bits per heavy atom. The molecule has 0 saturated heterocycles. The number of hydrogen-bond acceptors (Lipinski definition) is 4. The molecule has 0 unspecified atom stereocenters. The van der Waals surface area contributed by atoms with Crippen molar-refractivity contribution in [1.82, 2.24) is 14.9 Å². The molecule has 5 nitrogen and oxygen atoms in total. The molecule has 0 saturated carbocycles. The first-order valence-corrected chi connectivity index (χ1v) is 11.0. The number of nitrogens with one attached hydrogen (secondary N) is 1. The van der Waals surface area contributed by atoms with Crippen molar-refractivity contribution in [3.63, 3.8) is 0 Å². The number of carbonyl (C=O) groups excluding carboxylic acids is 1. The first-order chi connectivity index (χ1) is 15.2. The average Bonchev–Trinajstić information content (AvgIpc) is 3.10. The summed E-state index contributed by atoms with van der Waals surface area (Å²) in [7, 11) is 0. The number of pyridine rings is 2. The van der Waals surface area contributed by atoms with Crippen LogP contribution in [0.2, 0.25) is 0 Å². The number of amides is 1. The number of anilines is 1. The highest BCUT2D eigenvalue weighted by atomic mass is 19.1. The van der Waals surface area contributed by atoms with E-state index in [-0.39, 0.29) is 23.2 Å². The molecule has 1 amide bonds. The Kier molecular flexibility index (Phi) is 5.71. The minimum atomic E-state index is -0.277. The molecule has 0 radical (unpaired) electrons. The Balaban J connectivity index is 1.58. The zero-order chi connectivity index (χ0) is 23.0. The number of rotatable bonds is 5. The maximum absolute atomic E-state index is 15.1.